The van der Waals surface area contributed by atoms with Gasteiger partial charge in [-0.25, -0.2) is 8.42 Å². The Morgan fingerprint density at radius 2 is 2.10 bits per heavy atom. The first-order chi connectivity index (χ1) is 9.19. The van der Waals surface area contributed by atoms with Crippen LogP contribution >= 0.6 is 0 Å². The Labute approximate surface area is 111 Å². The highest BCUT2D eigenvalue weighted by molar-refractivity contribution is 7.89. The number of aliphatic hydroxyl groups excluding tert-OH is 1. The number of sulfonamides is 1. The maximum atomic E-state index is 13.3. The second kappa shape index (κ2) is 5.90. The van der Waals surface area contributed by atoms with E-state index in [0.717, 1.165) is 6.07 Å². The monoisotopic (exact) mass is 308 g/mol. The van der Waals surface area contributed by atoms with E-state index in [9.17, 15) is 27.7 Å². The van der Waals surface area contributed by atoms with E-state index in [1.807, 2.05) is 0 Å². The lowest BCUT2D eigenvalue weighted by molar-refractivity contribution is -0.387. The molecule has 0 aliphatic carbocycles. The minimum absolute atomic E-state index is 0.386. The van der Waals surface area contributed by atoms with Crippen molar-refractivity contribution in [2.75, 3.05) is 6.61 Å². The third-order valence-corrected chi connectivity index (χ3v) is 3.67. The first-order valence-corrected chi connectivity index (χ1v) is 6.47. The summed E-state index contributed by atoms with van der Waals surface area (Å²) in [5.74, 6) is -3.01. The molecule has 0 amide bonds. The zero-order valence-corrected chi connectivity index (χ0v) is 10.5. The van der Waals surface area contributed by atoms with E-state index >= 15 is 0 Å². The van der Waals surface area contributed by atoms with Crippen LogP contribution in [0.25, 0.3) is 0 Å². The van der Waals surface area contributed by atoms with Crippen molar-refractivity contribution < 1.29 is 32.7 Å². The Hall–Kier alpha value is -2.11. The van der Waals surface area contributed by atoms with Gasteiger partial charge in [0.15, 0.2) is 0 Å². The van der Waals surface area contributed by atoms with E-state index in [-0.39, 0.29) is 0 Å². The fourth-order valence-corrected chi connectivity index (χ4v) is 2.42. The van der Waals surface area contributed by atoms with Crippen LogP contribution in [0.5, 0.6) is 0 Å². The number of nitro benzene ring substituents is 1. The van der Waals surface area contributed by atoms with Crippen LogP contribution in [0.2, 0.25) is 0 Å². The summed E-state index contributed by atoms with van der Waals surface area (Å²) in [7, 11) is -4.44. The summed E-state index contributed by atoms with van der Waals surface area (Å²) in [6.07, 6.45) is 0. The molecule has 0 saturated heterocycles. The number of hydrogen-bond donors (Lipinski definition) is 3. The first kappa shape index (κ1) is 15.9. The number of nitrogens with zero attached hydrogens (tertiary/aromatic N) is 1. The molecule has 0 spiro atoms. The number of nitrogens with one attached hydrogen (secondary N) is 1. The number of aliphatic hydroxyl groups is 1. The Morgan fingerprint density at radius 1 is 1.50 bits per heavy atom. The number of hydrogen-bond acceptors (Lipinski definition) is 6. The molecule has 110 valence electrons. The molecule has 0 radical (unpaired) electrons. The third-order valence-electron chi connectivity index (χ3n) is 2.20. The third kappa shape index (κ3) is 3.46. The van der Waals surface area contributed by atoms with Gasteiger partial charge in [-0.1, -0.05) is 0 Å². The van der Waals surface area contributed by atoms with Crippen LogP contribution in [0, 0.1) is 15.9 Å². The van der Waals surface area contributed by atoms with Crippen molar-refractivity contribution in [2.24, 2.45) is 0 Å². The topological polar surface area (TPSA) is 147 Å². The number of carbonyl (C=O) groups is 1. The zero-order valence-electron chi connectivity index (χ0n) is 9.69. The number of benzene rings is 1. The average Bonchev–Trinajstić information content (AvgIpc) is 2.35. The highest BCUT2D eigenvalue weighted by Gasteiger charge is 2.26. The molecule has 20 heavy (non-hydrogen) atoms. The van der Waals surface area contributed by atoms with E-state index in [2.05, 4.69) is 0 Å². The van der Waals surface area contributed by atoms with Gasteiger partial charge in [0, 0.05) is 12.1 Å². The van der Waals surface area contributed by atoms with Crippen molar-refractivity contribution in [3.05, 3.63) is 34.1 Å². The van der Waals surface area contributed by atoms with Crippen LogP contribution in [-0.4, -0.2) is 42.2 Å². The van der Waals surface area contributed by atoms with Gasteiger partial charge in [0.05, 0.1) is 16.4 Å². The van der Waals surface area contributed by atoms with Gasteiger partial charge in [0.1, 0.15) is 6.04 Å². The van der Waals surface area contributed by atoms with Crippen LogP contribution in [0.15, 0.2) is 23.1 Å². The Kier molecular flexibility index (Phi) is 4.70. The molecule has 0 bridgehead atoms. The van der Waals surface area contributed by atoms with Gasteiger partial charge in [0.25, 0.3) is 0 Å². The Balaban J connectivity index is 3.13. The molecule has 0 saturated carbocycles. The molecule has 9 nitrogen and oxygen atoms in total. The van der Waals surface area contributed by atoms with Gasteiger partial charge in [-0.3, -0.25) is 14.9 Å². The van der Waals surface area contributed by atoms with Gasteiger partial charge < -0.3 is 10.2 Å². The van der Waals surface area contributed by atoms with Crippen molar-refractivity contribution in [3.8, 4) is 0 Å². The summed E-state index contributed by atoms with van der Waals surface area (Å²) < 4.78 is 38.4. The molecule has 1 aromatic carbocycles. The minimum atomic E-state index is -4.44. The quantitative estimate of drug-likeness (QED) is 0.472. The van der Waals surface area contributed by atoms with Crippen LogP contribution in [0.4, 0.5) is 10.1 Å². The van der Waals surface area contributed by atoms with E-state index in [1.165, 1.54) is 0 Å². The normalized spacial score (nSPS) is 12.9. The molecular formula is C9H9FN2O7S. The lowest BCUT2D eigenvalue weighted by atomic mass is 10.3. The lowest BCUT2D eigenvalue weighted by Gasteiger charge is -2.12. The van der Waals surface area contributed by atoms with Crippen LogP contribution < -0.4 is 4.72 Å². The first-order valence-electron chi connectivity index (χ1n) is 4.99. The summed E-state index contributed by atoms with van der Waals surface area (Å²) in [6.45, 7) is -1.01. The van der Waals surface area contributed by atoms with E-state index < -0.39 is 50.0 Å². The van der Waals surface area contributed by atoms with Crippen molar-refractivity contribution in [2.45, 2.75) is 10.9 Å². The summed E-state index contributed by atoms with van der Waals surface area (Å²) in [5, 5.41) is 27.7. The zero-order chi connectivity index (χ0) is 15.5. The second-order valence-electron chi connectivity index (χ2n) is 3.57. The second-order valence-corrected chi connectivity index (χ2v) is 5.28. The van der Waals surface area contributed by atoms with Gasteiger partial charge in [-0.15, -0.1) is 0 Å². The van der Waals surface area contributed by atoms with E-state index in [0.29, 0.717) is 12.1 Å². The Bertz CT molecular complexity index is 646. The maximum Gasteiger partial charge on any atom is 0.324 e. The molecule has 3 N–H and O–H groups in total. The predicted molar refractivity (Wildman–Crippen MR) is 61.9 cm³/mol. The van der Waals surface area contributed by atoms with Crippen molar-refractivity contribution in [3.63, 3.8) is 0 Å². The van der Waals surface area contributed by atoms with Crippen molar-refractivity contribution in [1.29, 1.82) is 0 Å². The number of aliphatic carboxylic acids is 1. The number of halogens is 1. The highest BCUT2D eigenvalue weighted by atomic mass is 32.2. The van der Waals surface area contributed by atoms with E-state index in [4.69, 9.17) is 10.2 Å². The van der Waals surface area contributed by atoms with Gasteiger partial charge >= 0.3 is 11.7 Å². The minimum Gasteiger partial charge on any atom is -0.480 e. The lowest BCUT2D eigenvalue weighted by Crippen LogP contribution is -2.43. The predicted octanol–water partition coefficient (Wildman–Crippen LogP) is -0.542. The number of rotatable bonds is 6. The number of carboxylic acid groups (broad SMARTS) is 1. The van der Waals surface area contributed by atoms with Gasteiger partial charge in [0.2, 0.25) is 15.8 Å². The standard InChI is InChI=1S/C9H9FN2O7S/c10-6-3-5(1-2-8(6)12(16)17)20(18,19)11-7(4-13)9(14)15/h1-3,7,11,13H,4H2,(H,14,15)/t7-/m1/s1. The summed E-state index contributed by atoms with van der Waals surface area (Å²) in [4.78, 5) is 19.3. The molecule has 0 heterocycles. The van der Waals surface area contributed by atoms with Crippen molar-refractivity contribution >= 4 is 21.7 Å². The maximum absolute atomic E-state index is 13.3. The van der Waals surface area contributed by atoms with Crippen LogP contribution in [0.1, 0.15) is 0 Å². The van der Waals surface area contributed by atoms with Gasteiger partial charge in [-0.05, 0) is 6.07 Å². The smallest absolute Gasteiger partial charge is 0.324 e. The van der Waals surface area contributed by atoms with Crippen LogP contribution in [0.3, 0.4) is 0 Å². The van der Waals surface area contributed by atoms with Crippen molar-refractivity contribution in [1.82, 2.24) is 4.72 Å². The SMILES string of the molecule is O=C(O)[C@@H](CO)NS(=O)(=O)c1ccc([N+](=O)[O-])c(F)c1. The molecule has 1 aromatic rings. The molecule has 0 fully saturated rings. The van der Waals surface area contributed by atoms with E-state index in [1.54, 1.807) is 4.72 Å². The fourth-order valence-electron chi connectivity index (χ4n) is 1.22. The summed E-state index contributed by atoms with van der Waals surface area (Å²) in [6, 6.07) is -0.0342. The summed E-state index contributed by atoms with van der Waals surface area (Å²) in [5.41, 5.74) is -0.916. The number of nitro groups is 1. The summed E-state index contributed by atoms with van der Waals surface area (Å²) >= 11 is 0. The fraction of sp³-hybridized carbons (Fsp3) is 0.222. The molecular weight excluding hydrogens is 299 g/mol. The largest absolute Gasteiger partial charge is 0.480 e. The molecule has 0 aliphatic heterocycles. The average molecular weight is 308 g/mol. The molecule has 0 aliphatic rings. The van der Waals surface area contributed by atoms with Crippen LogP contribution in [-0.2, 0) is 14.8 Å². The molecule has 1 atom stereocenters. The molecule has 1 rings (SSSR count). The molecule has 0 unspecified atom stereocenters. The Morgan fingerprint density at radius 3 is 2.50 bits per heavy atom. The molecule has 11 heteroatoms. The van der Waals surface area contributed by atoms with Gasteiger partial charge in [-0.2, -0.15) is 9.11 Å². The highest BCUT2D eigenvalue weighted by Crippen LogP contribution is 2.20. The number of carboxylic acids is 1. The molecule has 0 aromatic heterocycles.